The van der Waals surface area contributed by atoms with Gasteiger partial charge < -0.3 is 5.11 Å². The number of rotatable bonds is 2. The molecule has 5 heteroatoms. The number of pyridine rings is 1. The number of aromatic carboxylic acids is 1. The average molecular weight is 278 g/mol. The maximum absolute atomic E-state index is 12.2. The number of carboxylic acids is 1. The highest BCUT2D eigenvalue weighted by atomic mass is 35.5. The van der Waals surface area contributed by atoms with Crippen molar-refractivity contribution >= 4 is 17.6 Å². The second kappa shape index (κ2) is 4.90. The fourth-order valence-corrected chi connectivity index (χ4v) is 2.00. The first-order chi connectivity index (χ1) is 8.91. The fraction of sp³-hybridized carbons (Fsp3) is 0.143. The SMILES string of the molecule is Cc1cn(-c2ccc(Cl)cc2)c(=O)c(C(=O)O)c1C. The molecule has 19 heavy (non-hydrogen) atoms. The van der Waals surface area contributed by atoms with Crippen LogP contribution in [0.25, 0.3) is 5.69 Å². The molecule has 98 valence electrons. The molecular formula is C14H12ClNO3. The third kappa shape index (κ3) is 2.39. The van der Waals surface area contributed by atoms with Crippen LogP contribution in [0.1, 0.15) is 21.5 Å². The third-order valence-corrected chi connectivity index (χ3v) is 3.29. The van der Waals surface area contributed by atoms with Crippen molar-refractivity contribution < 1.29 is 9.90 Å². The number of aryl methyl sites for hydroxylation is 1. The van der Waals surface area contributed by atoms with Gasteiger partial charge in [0.25, 0.3) is 5.56 Å². The minimum Gasteiger partial charge on any atom is -0.477 e. The molecule has 2 rings (SSSR count). The topological polar surface area (TPSA) is 59.3 Å². The van der Waals surface area contributed by atoms with Crippen LogP contribution in [0.3, 0.4) is 0 Å². The highest BCUT2D eigenvalue weighted by Crippen LogP contribution is 2.15. The first-order valence-corrected chi connectivity index (χ1v) is 6.01. The molecule has 0 atom stereocenters. The summed E-state index contributed by atoms with van der Waals surface area (Å²) in [5.41, 5.74) is 1.07. The summed E-state index contributed by atoms with van der Waals surface area (Å²) in [6.07, 6.45) is 1.63. The van der Waals surface area contributed by atoms with Crippen LogP contribution in [0.5, 0.6) is 0 Å². The van der Waals surface area contributed by atoms with Crippen LogP contribution in [0.15, 0.2) is 35.3 Å². The standard InChI is InChI=1S/C14H12ClNO3/c1-8-7-16(11-5-3-10(15)4-6-11)13(17)12(9(8)2)14(18)19/h3-7H,1-2H3,(H,18,19). The van der Waals surface area contributed by atoms with Gasteiger partial charge in [-0.05, 0) is 49.2 Å². The molecule has 1 N–H and O–H groups in total. The molecule has 2 aromatic rings. The smallest absolute Gasteiger partial charge is 0.341 e. The molecule has 0 spiro atoms. The number of carbonyl (C=O) groups is 1. The van der Waals surface area contributed by atoms with E-state index in [0.29, 0.717) is 16.3 Å². The van der Waals surface area contributed by atoms with E-state index in [0.717, 1.165) is 5.56 Å². The second-order valence-corrected chi connectivity index (χ2v) is 4.71. The van der Waals surface area contributed by atoms with Crippen LogP contribution in [-0.4, -0.2) is 15.6 Å². The van der Waals surface area contributed by atoms with E-state index in [9.17, 15) is 9.59 Å². The first-order valence-electron chi connectivity index (χ1n) is 5.64. The molecule has 0 fully saturated rings. The van der Waals surface area contributed by atoms with Gasteiger partial charge in [-0.1, -0.05) is 11.6 Å². The van der Waals surface area contributed by atoms with Gasteiger partial charge in [0.05, 0.1) is 0 Å². The number of hydrogen-bond donors (Lipinski definition) is 1. The number of halogens is 1. The van der Waals surface area contributed by atoms with Crippen molar-refractivity contribution in [2.45, 2.75) is 13.8 Å². The van der Waals surface area contributed by atoms with Gasteiger partial charge in [0.15, 0.2) is 0 Å². The predicted octanol–water partition coefficient (Wildman–Crippen LogP) is 2.81. The molecule has 1 heterocycles. The Balaban J connectivity index is 2.75. The van der Waals surface area contributed by atoms with Gasteiger partial charge in [-0.2, -0.15) is 0 Å². The number of carboxylic acid groups (broad SMARTS) is 1. The normalized spacial score (nSPS) is 10.5. The van der Waals surface area contributed by atoms with Gasteiger partial charge in [0.1, 0.15) is 5.56 Å². The van der Waals surface area contributed by atoms with Crippen LogP contribution in [0.4, 0.5) is 0 Å². The van der Waals surface area contributed by atoms with E-state index in [4.69, 9.17) is 16.7 Å². The van der Waals surface area contributed by atoms with E-state index in [1.807, 2.05) is 0 Å². The van der Waals surface area contributed by atoms with Crippen molar-refractivity contribution in [2.75, 3.05) is 0 Å². The lowest BCUT2D eigenvalue weighted by Gasteiger charge is -2.11. The van der Waals surface area contributed by atoms with Crippen LogP contribution in [0, 0.1) is 13.8 Å². The van der Waals surface area contributed by atoms with Gasteiger partial charge in [-0.3, -0.25) is 9.36 Å². The lowest BCUT2D eigenvalue weighted by Crippen LogP contribution is -2.27. The summed E-state index contributed by atoms with van der Waals surface area (Å²) in [6.45, 7) is 3.40. The Kier molecular flexibility index (Phi) is 3.44. The van der Waals surface area contributed by atoms with Crippen LogP contribution >= 0.6 is 11.6 Å². The largest absolute Gasteiger partial charge is 0.477 e. The predicted molar refractivity (Wildman–Crippen MR) is 73.5 cm³/mol. The Morgan fingerprint density at radius 3 is 2.32 bits per heavy atom. The maximum Gasteiger partial charge on any atom is 0.341 e. The number of nitrogens with zero attached hydrogens (tertiary/aromatic N) is 1. The zero-order valence-corrected chi connectivity index (χ0v) is 11.2. The van der Waals surface area contributed by atoms with E-state index < -0.39 is 11.5 Å². The molecule has 4 nitrogen and oxygen atoms in total. The van der Waals surface area contributed by atoms with Gasteiger partial charge in [0.2, 0.25) is 0 Å². The molecule has 0 aliphatic carbocycles. The molecule has 0 unspecified atom stereocenters. The van der Waals surface area contributed by atoms with Crippen molar-refractivity contribution in [3.8, 4) is 5.69 Å². The Morgan fingerprint density at radius 2 is 1.79 bits per heavy atom. The summed E-state index contributed by atoms with van der Waals surface area (Å²) in [5, 5.41) is 9.71. The fourth-order valence-electron chi connectivity index (χ4n) is 1.87. The van der Waals surface area contributed by atoms with Crippen molar-refractivity contribution in [3.63, 3.8) is 0 Å². The lowest BCUT2D eigenvalue weighted by molar-refractivity contribution is 0.0693. The van der Waals surface area contributed by atoms with Crippen molar-refractivity contribution in [2.24, 2.45) is 0 Å². The molecule has 0 amide bonds. The molecule has 0 saturated carbocycles. The highest BCUT2D eigenvalue weighted by molar-refractivity contribution is 6.30. The molecule has 1 aromatic heterocycles. The molecule has 1 aromatic carbocycles. The van der Waals surface area contributed by atoms with Crippen molar-refractivity contribution in [3.05, 3.63) is 62.5 Å². The number of hydrogen-bond acceptors (Lipinski definition) is 2. The minimum absolute atomic E-state index is 0.199. The number of benzene rings is 1. The van der Waals surface area contributed by atoms with Gasteiger partial charge in [-0.15, -0.1) is 0 Å². The van der Waals surface area contributed by atoms with Crippen LogP contribution in [0.2, 0.25) is 5.02 Å². The minimum atomic E-state index is -1.21. The van der Waals surface area contributed by atoms with Crippen molar-refractivity contribution in [1.29, 1.82) is 0 Å². The summed E-state index contributed by atoms with van der Waals surface area (Å²) in [5.74, 6) is -1.21. The molecule has 0 bridgehead atoms. The summed E-state index contributed by atoms with van der Waals surface area (Å²) in [6, 6.07) is 6.65. The first kappa shape index (κ1) is 13.4. The second-order valence-electron chi connectivity index (χ2n) is 4.27. The number of aromatic nitrogens is 1. The zero-order valence-electron chi connectivity index (χ0n) is 10.5. The van der Waals surface area contributed by atoms with Crippen LogP contribution < -0.4 is 5.56 Å². The van der Waals surface area contributed by atoms with E-state index in [2.05, 4.69) is 0 Å². The summed E-state index contributed by atoms with van der Waals surface area (Å²) < 4.78 is 1.32. The van der Waals surface area contributed by atoms with E-state index in [1.54, 1.807) is 44.3 Å². The van der Waals surface area contributed by atoms with Crippen molar-refractivity contribution in [1.82, 2.24) is 4.57 Å². The quantitative estimate of drug-likeness (QED) is 0.918. The van der Waals surface area contributed by atoms with E-state index in [1.165, 1.54) is 4.57 Å². The molecule has 0 saturated heterocycles. The zero-order chi connectivity index (χ0) is 14.2. The Bertz CT molecular complexity index is 702. The average Bonchev–Trinajstić information content (AvgIpc) is 2.35. The lowest BCUT2D eigenvalue weighted by atomic mass is 10.1. The Labute approximate surface area is 114 Å². The Morgan fingerprint density at radius 1 is 1.21 bits per heavy atom. The van der Waals surface area contributed by atoms with Crippen LogP contribution in [-0.2, 0) is 0 Å². The molecular weight excluding hydrogens is 266 g/mol. The summed E-state index contributed by atoms with van der Waals surface area (Å²) in [4.78, 5) is 23.4. The van der Waals surface area contributed by atoms with Gasteiger partial charge in [-0.25, -0.2) is 4.79 Å². The highest BCUT2D eigenvalue weighted by Gasteiger charge is 2.17. The summed E-state index contributed by atoms with van der Waals surface area (Å²) in [7, 11) is 0. The van der Waals surface area contributed by atoms with Gasteiger partial charge >= 0.3 is 5.97 Å². The monoisotopic (exact) mass is 277 g/mol. The molecule has 0 aliphatic rings. The third-order valence-electron chi connectivity index (χ3n) is 3.04. The maximum atomic E-state index is 12.2. The Hall–Kier alpha value is -2.07. The van der Waals surface area contributed by atoms with E-state index in [-0.39, 0.29) is 5.56 Å². The molecule has 0 aliphatic heterocycles. The van der Waals surface area contributed by atoms with Gasteiger partial charge in [0, 0.05) is 16.9 Å². The van der Waals surface area contributed by atoms with E-state index >= 15 is 0 Å². The summed E-state index contributed by atoms with van der Waals surface area (Å²) >= 11 is 5.80. The molecule has 0 radical (unpaired) electrons.